The first-order valence-corrected chi connectivity index (χ1v) is 4.82. The van der Waals surface area contributed by atoms with Crippen LogP contribution in [0.1, 0.15) is 13.3 Å². The summed E-state index contributed by atoms with van der Waals surface area (Å²) in [6.07, 6.45) is 1.07. The summed E-state index contributed by atoms with van der Waals surface area (Å²) < 4.78 is 27.7. The Balaban J connectivity index is 0. The van der Waals surface area contributed by atoms with Crippen LogP contribution in [0.15, 0.2) is 12.7 Å². The number of rotatable bonds is 3. The van der Waals surface area contributed by atoms with Crippen molar-refractivity contribution in [2.24, 2.45) is 5.73 Å². The lowest BCUT2D eigenvalue weighted by molar-refractivity contribution is -0.113. The molecule has 0 radical (unpaired) electrons. The Morgan fingerprint density at radius 3 is 2.00 bits per heavy atom. The summed E-state index contributed by atoms with van der Waals surface area (Å²) in [5.41, 5.74) is 2.91. The molecule has 0 aliphatic heterocycles. The molecule has 0 rings (SSSR count). The molecule has 0 saturated carbocycles. The quantitative estimate of drug-likeness (QED) is 0.419. The first kappa shape index (κ1) is 14.6. The van der Waals surface area contributed by atoms with Gasteiger partial charge in [0.05, 0.1) is 0 Å². The van der Waals surface area contributed by atoms with Crippen LogP contribution in [0.2, 0.25) is 0 Å². The predicted molar refractivity (Wildman–Crippen MR) is 47.2 cm³/mol. The maximum atomic E-state index is 9.87. The van der Waals surface area contributed by atoms with Crippen LogP contribution in [0.5, 0.6) is 0 Å². The van der Waals surface area contributed by atoms with Crippen molar-refractivity contribution in [2.75, 3.05) is 0 Å². The first-order valence-electron chi connectivity index (χ1n) is 3.31. The van der Waals surface area contributed by atoms with E-state index in [4.69, 9.17) is 9.66 Å². The largest absolute Gasteiger partial charge is 0.375 e. The number of amides is 1. The monoisotopic (exact) mass is 211 g/mol. The molecule has 0 aromatic carbocycles. The number of hydrogen-bond acceptors (Lipinski definition) is 4. The molecule has 0 fully saturated rings. The molecule has 0 heterocycles. The van der Waals surface area contributed by atoms with E-state index in [9.17, 15) is 13.2 Å². The van der Waals surface area contributed by atoms with Crippen LogP contribution in [0.4, 0.5) is 0 Å². The van der Waals surface area contributed by atoms with Crippen LogP contribution < -0.4 is 5.73 Å². The highest BCUT2D eigenvalue weighted by atomic mass is 32.2. The fourth-order valence-electron chi connectivity index (χ4n) is 0.211. The third-order valence-electron chi connectivity index (χ3n) is 0.894. The van der Waals surface area contributed by atoms with Gasteiger partial charge in [-0.25, -0.2) is 0 Å². The minimum absolute atomic E-state index is 0.0127. The molecule has 6 nitrogen and oxygen atoms in total. The van der Waals surface area contributed by atoms with Gasteiger partial charge in [-0.3, -0.25) is 9.35 Å². The molecule has 1 amide bonds. The number of carbonyl (C=O) groups is 1. The summed E-state index contributed by atoms with van der Waals surface area (Å²) in [4.78, 5) is 9.47. The summed E-state index contributed by atoms with van der Waals surface area (Å²) in [7, 11) is -4.20. The van der Waals surface area contributed by atoms with E-state index in [0.717, 1.165) is 6.08 Å². The van der Waals surface area contributed by atoms with Gasteiger partial charge in [0.25, 0.3) is 10.1 Å². The Bertz CT molecular complexity index is 258. The number of aliphatic hydroxyl groups is 1. The van der Waals surface area contributed by atoms with E-state index >= 15 is 0 Å². The van der Waals surface area contributed by atoms with Gasteiger partial charge in [0.15, 0.2) is 5.44 Å². The van der Waals surface area contributed by atoms with Crippen LogP contribution in [0, 0.1) is 0 Å². The molecule has 7 heteroatoms. The first-order chi connectivity index (χ1) is 5.75. The molecule has 0 aromatic rings. The highest BCUT2D eigenvalue weighted by Crippen LogP contribution is 1.96. The minimum Gasteiger partial charge on any atom is -0.375 e. The Labute approximate surface area is 76.8 Å². The van der Waals surface area contributed by atoms with Crippen molar-refractivity contribution in [1.82, 2.24) is 0 Å². The zero-order valence-corrected chi connectivity index (χ0v) is 7.99. The van der Waals surface area contributed by atoms with E-state index in [2.05, 4.69) is 12.3 Å². The topological polar surface area (TPSA) is 118 Å². The highest BCUT2D eigenvalue weighted by Gasteiger charge is 2.15. The molecule has 1 atom stereocenters. The van der Waals surface area contributed by atoms with E-state index in [1.54, 1.807) is 0 Å². The number of nitrogens with two attached hydrogens (primary N) is 1. The average Bonchev–Trinajstić information content (AvgIpc) is 2.02. The van der Waals surface area contributed by atoms with Crippen LogP contribution in [-0.2, 0) is 14.9 Å². The van der Waals surface area contributed by atoms with Gasteiger partial charge < -0.3 is 10.8 Å². The summed E-state index contributed by atoms with van der Waals surface area (Å²) in [5.74, 6) is -0.481. The van der Waals surface area contributed by atoms with E-state index in [0.29, 0.717) is 0 Å². The fourth-order valence-corrected chi connectivity index (χ4v) is 0.632. The van der Waals surface area contributed by atoms with Crippen molar-refractivity contribution in [3.05, 3.63) is 12.7 Å². The normalized spacial score (nSPS) is 12.2. The lowest BCUT2D eigenvalue weighted by atomic mass is 10.5. The third kappa shape index (κ3) is 11.1. The fraction of sp³-hybridized carbons (Fsp3) is 0.500. The second-order valence-corrected chi connectivity index (χ2v) is 3.56. The molecule has 0 spiro atoms. The van der Waals surface area contributed by atoms with E-state index in [-0.39, 0.29) is 6.42 Å². The molecular weight excluding hydrogens is 198 g/mol. The van der Waals surface area contributed by atoms with Crippen molar-refractivity contribution in [3.8, 4) is 0 Å². The van der Waals surface area contributed by atoms with E-state index < -0.39 is 21.5 Å². The summed E-state index contributed by atoms with van der Waals surface area (Å²) in [6.45, 7) is 4.54. The van der Waals surface area contributed by atoms with Gasteiger partial charge in [0, 0.05) is 0 Å². The molecule has 4 N–H and O–H groups in total. The molecule has 78 valence electrons. The maximum absolute atomic E-state index is 9.87. The molecule has 0 bridgehead atoms. The number of carbonyl (C=O) groups excluding carboxylic acids is 1. The Morgan fingerprint density at radius 1 is 1.69 bits per heavy atom. The standard InChI is InChI=1S/C3H5NO.C3H8O4S/c1-2-3(4)5;1-2-3(4)8(5,6)7/h2H,1H2,(H2,4,5);3-4H,2H2,1H3,(H,5,6,7). The van der Waals surface area contributed by atoms with Crippen molar-refractivity contribution in [3.63, 3.8) is 0 Å². The number of primary amides is 1. The zero-order chi connectivity index (χ0) is 11.1. The Kier molecular flexibility index (Phi) is 7.39. The Hall–Kier alpha value is -0.920. The van der Waals surface area contributed by atoms with Crippen molar-refractivity contribution < 1.29 is 22.9 Å². The summed E-state index contributed by atoms with van der Waals surface area (Å²) >= 11 is 0. The SMILES string of the molecule is C=CC(N)=O.CCC(O)S(=O)(=O)O. The van der Waals surface area contributed by atoms with E-state index in [1.165, 1.54) is 6.92 Å². The second kappa shape index (κ2) is 6.58. The molecule has 0 aliphatic carbocycles. The van der Waals surface area contributed by atoms with Crippen LogP contribution in [0.25, 0.3) is 0 Å². The average molecular weight is 211 g/mol. The zero-order valence-electron chi connectivity index (χ0n) is 7.17. The Morgan fingerprint density at radius 2 is 2.00 bits per heavy atom. The minimum atomic E-state index is -4.20. The van der Waals surface area contributed by atoms with Crippen LogP contribution in [0.3, 0.4) is 0 Å². The van der Waals surface area contributed by atoms with Gasteiger partial charge >= 0.3 is 0 Å². The summed E-state index contributed by atoms with van der Waals surface area (Å²) in [6, 6.07) is 0. The highest BCUT2D eigenvalue weighted by molar-refractivity contribution is 7.86. The van der Waals surface area contributed by atoms with Crippen LogP contribution in [-0.4, -0.2) is 29.4 Å². The van der Waals surface area contributed by atoms with Gasteiger partial charge in [-0.05, 0) is 12.5 Å². The van der Waals surface area contributed by atoms with Crippen molar-refractivity contribution in [1.29, 1.82) is 0 Å². The van der Waals surface area contributed by atoms with Gasteiger partial charge in [-0.15, -0.1) is 0 Å². The molecular formula is C6H13NO5S. The lowest BCUT2D eigenvalue weighted by Gasteiger charge is -1.99. The van der Waals surface area contributed by atoms with E-state index in [1.807, 2.05) is 0 Å². The third-order valence-corrected chi connectivity index (χ3v) is 1.92. The molecule has 0 aliphatic rings. The van der Waals surface area contributed by atoms with Gasteiger partial charge in [0.1, 0.15) is 0 Å². The summed E-state index contributed by atoms with van der Waals surface area (Å²) in [5, 5.41) is 8.36. The lowest BCUT2D eigenvalue weighted by Crippen LogP contribution is -2.17. The van der Waals surface area contributed by atoms with Crippen molar-refractivity contribution >= 4 is 16.0 Å². The van der Waals surface area contributed by atoms with Crippen LogP contribution >= 0.6 is 0 Å². The molecule has 1 unspecified atom stereocenters. The van der Waals surface area contributed by atoms with Gasteiger partial charge in [0.2, 0.25) is 5.91 Å². The smallest absolute Gasteiger partial charge is 0.291 e. The van der Waals surface area contributed by atoms with Gasteiger partial charge in [-0.1, -0.05) is 13.5 Å². The molecule has 0 aromatic heterocycles. The van der Waals surface area contributed by atoms with Gasteiger partial charge in [-0.2, -0.15) is 8.42 Å². The van der Waals surface area contributed by atoms with Crippen molar-refractivity contribution in [2.45, 2.75) is 18.8 Å². The number of hydrogen-bond donors (Lipinski definition) is 3. The second-order valence-electron chi connectivity index (χ2n) is 1.98. The number of aliphatic hydroxyl groups excluding tert-OH is 1. The molecule has 13 heavy (non-hydrogen) atoms. The molecule has 0 saturated heterocycles. The maximum Gasteiger partial charge on any atom is 0.291 e. The predicted octanol–water partition coefficient (Wildman–Crippen LogP) is -0.740.